The van der Waals surface area contributed by atoms with Crippen molar-refractivity contribution in [3.05, 3.63) is 83.8 Å². The van der Waals surface area contributed by atoms with Crippen molar-refractivity contribution < 1.29 is 22.8 Å². The SMILES string of the molecule is O=C(CC(=O)Nc1ccc2c(/C=C/c3ccccn3)n[nH]c2c1)Nc1cccc(C(F)(F)F)c1. The monoisotopic (exact) mass is 465 g/mol. The minimum absolute atomic E-state index is 0.0437. The smallest absolute Gasteiger partial charge is 0.326 e. The van der Waals surface area contributed by atoms with Crippen LogP contribution in [0.15, 0.2) is 66.9 Å². The number of hydrogen-bond donors (Lipinski definition) is 3. The summed E-state index contributed by atoms with van der Waals surface area (Å²) in [6.07, 6.45) is 0.246. The summed E-state index contributed by atoms with van der Waals surface area (Å²) in [7, 11) is 0. The number of halogens is 3. The van der Waals surface area contributed by atoms with E-state index in [1.165, 1.54) is 12.1 Å². The van der Waals surface area contributed by atoms with Gasteiger partial charge in [-0.05, 0) is 60.7 Å². The van der Waals surface area contributed by atoms with E-state index in [9.17, 15) is 22.8 Å². The maximum absolute atomic E-state index is 12.8. The molecule has 0 fully saturated rings. The summed E-state index contributed by atoms with van der Waals surface area (Å²) in [6.45, 7) is 0. The fourth-order valence-electron chi connectivity index (χ4n) is 3.21. The Morgan fingerprint density at radius 3 is 2.38 bits per heavy atom. The highest BCUT2D eigenvalue weighted by Crippen LogP contribution is 2.30. The van der Waals surface area contributed by atoms with Gasteiger partial charge in [0, 0.05) is 23.0 Å². The molecular weight excluding hydrogens is 447 g/mol. The predicted octanol–water partition coefficient (Wildman–Crippen LogP) is 5.11. The van der Waals surface area contributed by atoms with Crippen LogP contribution in [0.3, 0.4) is 0 Å². The van der Waals surface area contributed by atoms with Crippen LogP contribution in [-0.4, -0.2) is 27.0 Å². The number of carbonyl (C=O) groups excluding carboxylic acids is 2. The number of benzene rings is 2. The van der Waals surface area contributed by atoms with Crippen LogP contribution in [0.25, 0.3) is 23.1 Å². The molecule has 2 aromatic heterocycles. The summed E-state index contributed by atoms with van der Waals surface area (Å²) >= 11 is 0. The van der Waals surface area contributed by atoms with Gasteiger partial charge in [-0.15, -0.1) is 0 Å². The lowest BCUT2D eigenvalue weighted by atomic mass is 10.1. The molecule has 7 nitrogen and oxygen atoms in total. The van der Waals surface area contributed by atoms with Gasteiger partial charge in [-0.25, -0.2) is 0 Å². The first-order chi connectivity index (χ1) is 16.3. The van der Waals surface area contributed by atoms with Crippen LogP contribution in [0.5, 0.6) is 0 Å². The van der Waals surface area contributed by atoms with Gasteiger partial charge in [-0.2, -0.15) is 18.3 Å². The Bertz CT molecular complexity index is 1360. The number of alkyl halides is 3. The number of anilines is 2. The summed E-state index contributed by atoms with van der Waals surface area (Å²) in [5, 5.41) is 12.9. The molecule has 0 aliphatic heterocycles. The molecule has 2 heterocycles. The van der Waals surface area contributed by atoms with E-state index >= 15 is 0 Å². The zero-order chi connectivity index (χ0) is 24.1. The lowest BCUT2D eigenvalue weighted by Crippen LogP contribution is -2.21. The molecule has 2 amide bonds. The van der Waals surface area contributed by atoms with Gasteiger partial charge in [0.25, 0.3) is 0 Å². The normalized spacial score (nSPS) is 11.6. The zero-order valence-corrected chi connectivity index (χ0v) is 17.6. The number of aromatic nitrogens is 3. The minimum Gasteiger partial charge on any atom is -0.326 e. The quantitative estimate of drug-likeness (QED) is 0.345. The van der Waals surface area contributed by atoms with Crippen LogP contribution in [0, 0.1) is 0 Å². The first-order valence-corrected chi connectivity index (χ1v) is 10.1. The fourth-order valence-corrected chi connectivity index (χ4v) is 3.21. The number of hydrogen-bond acceptors (Lipinski definition) is 4. The molecule has 0 aliphatic rings. The molecule has 0 spiro atoms. The summed E-state index contributed by atoms with van der Waals surface area (Å²) in [4.78, 5) is 28.6. The zero-order valence-electron chi connectivity index (χ0n) is 17.6. The Labute approximate surface area is 191 Å². The number of pyridine rings is 1. The first-order valence-electron chi connectivity index (χ1n) is 10.1. The van der Waals surface area contributed by atoms with Crippen LogP contribution in [0.2, 0.25) is 0 Å². The highest BCUT2D eigenvalue weighted by molar-refractivity contribution is 6.08. The number of rotatable bonds is 6. The molecule has 172 valence electrons. The highest BCUT2D eigenvalue weighted by atomic mass is 19.4. The minimum atomic E-state index is -4.53. The van der Waals surface area contributed by atoms with Gasteiger partial charge >= 0.3 is 6.18 Å². The van der Waals surface area contributed by atoms with Crippen molar-refractivity contribution in [3.63, 3.8) is 0 Å². The second-order valence-electron chi connectivity index (χ2n) is 7.31. The standard InChI is InChI=1S/C24H18F3N5O2/c25-24(26,27)15-4-3-6-17(12-15)29-22(33)14-23(34)30-18-7-9-19-20(31-32-21(19)13-18)10-8-16-5-1-2-11-28-16/h1-13H,14H2,(H,29,33)(H,30,34)(H,31,32)/b10-8+. The Kier molecular flexibility index (Phi) is 6.39. The van der Waals surface area contributed by atoms with Crippen LogP contribution in [0.4, 0.5) is 24.5 Å². The van der Waals surface area contributed by atoms with Gasteiger partial charge in [-0.1, -0.05) is 12.1 Å². The van der Waals surface area contributed by atoms with E-state index in [4.69, 9.17) is 0 Å². The van der Waals surface area contributed by atoms with Gasteiger partial charge in [0.05, 0.1) is 22.5 Å². The van der Waals surface area contributed by atoms with Crippen LogP contribution in [-0.2, 0) is 15.8 Å². The molecule has 4 rings (SSSR count). The summed E-state index contributed by atoms with van der Waals surface area (Å²) < 4.78 is 38.4. The summed E-state index contributed by atoms with van der Waals surface area (Å²) in [6, 6.07) is 14.9. The largest absolute Gasteiger partial charge is 0.416 e. The van der Waals surface area contributed by atoms with E-state index in [1.807, 2.05) is 30.4 Å². The van der Waals surface area contributed by atoms with Crippen molar-refractivity contribution in [2.24, 2.45) is 0 Å². The third-order valence-corrected chi connectivity index (χ3v) is 4.77. The second kappa shape index (κ2) is 9.57. The molecule has 4 aromatic rings. The number of amides is 2. The molecule has 0 saturated heterocycles. The highest BCUT2D eigenvalue weighted by Gasteiger charge is 2.30. The topological polar surface area (TPSA) is 99.8 Å². The molecule has 10 heteroatoms. The molecular formula is C24H18F3N5O2. The van der Waals surface area contributed by atoms with Crippen LogP contribution >= 0.6 is 0 Å². The van der Waals surface area contributed by atoms with E-state index in [0.717, 1.165) is 23.2 Å². The van der Waals surface area contributed by atoms with Crippen LogP contribution < -0.4 is 10.6 Å². The molecule has 0 atom stereocenters. The summed E-state index contributed by atoms with van der Waals surface area (Å²) in [5.41, 5.74) is 1.65. The van der Waals surface area contributed by atoms with Crippen molar-refractivity contribution in [2.45, 2.75) is 12.6 Å². The van der Waals surface area contributed by atoms with Gasteiger partial charge in [-0.3, -0.25) is 19.7 Å². The average molecular weight is 465 g/mol. The first kappa shape index (κ1) is 22.7. The average Bonchev–Trinajstić information content (AvgIpc) is 3.20. The van der Waals surface area contributed by atoms with Crippen LogP contribution in [0.1, 0.15) is 23.4 Å². The number of fused-ring (bicyclic) bond motifs is 1. The lowest BCUT2D eigenvalue weighted by molar-refractivity contribution is -0.137. The number of nitrogens with one attached hydrogen (secondary N) is 3. The number of aromatic amines is 1. The van der Waals surface area contributed by atoms with Gasteiger partial charge in [0.1, 0.15) is 6.42 Å². The Balaban J connectivity index is 1.37. The third kappa shape index (κ3) is 5.66. The third-order valence-electron chi connectivity index (χ3n) is 4.77. The fraction of sp³-hybridized carbons (Fsp3) is 0.0833. The molecule has 0 bridgehead atoms. The van der Waals surface area contributed by atoms with Crippen molar-refractivity contribution in [3.8, 4) is 0 Å². The molecule has 3 N–H and O–H groups in total. The Hall–Kier alpha value is -4.47. The van der Waals surface area contributed by atoms with Gasteiger partial charge in [0.2, 0.25) is 11.8 Å². The number of H-pyrrole nitrogens is 1. The molecule has 0 aliphatic carbocycles. The van der Waals surface area contributed by atoms with E-state index in [2.05, 4.69) is 25.8 Å². The van der Waals surface area contributed by atoms with E-state index in [0.29, 0.717) is 16.9 Å². The maximum Gasteiger partial charge on any atom is 0.416 e. The predicted molar refractivity (Wildman–Crippen MR) is 123 cm³/mol. The van der Waals surface area contributed by atoms with Crippen molar-refractivity contribution in [2.75, 3.05) is 10.6 Å². The van der Waals surface area contributed by atoms with E-state index in [-0.39, 0.29) is 5.69 Å². The molecule has 0 unspecified atom stereocenters. The lowest BCUT2D eigenvalue weighted by Gasteiger charge is -2.10. The maximum atomic E-state index is 12.8. The Morgan fingerprint density at radius 2 is 1.68 bits per heavy atom. The van der Waals surface area contributed by atoms with E-state index < -0.39 is 30.0 Å². The molecule has 0 saturated carbocycles. The number of nitrogens with zero attached hydrogens (tertiary/aromatic N) is 2. The van der Waals surface area contributed by atoms with Crippen molar-refractivity contribution in [1.82, 2.24) is 15.2 Å². The molecule has 2 aromatic carbocycles. The molecule has 34 heavy (non-hydrogen) atoms. The second-order valence-corrected chi connectivity index (χ2v) is 7.31. The van der Waals surface area contributed by atoms with Gasteiger partial charge in [0.15, 0.2) is 0 Å². The number of carbonyl (C=O) groups is 2. The van der Waals surface area contributed by atoms with Crippen molar-refractivity contribution >= 4 is 46.2 Å². The molecule has 0 radical (unpaired) electrons. The summed E-state index contributed by atoms with van der Waals surface area (Å²) in [5.74, 6) is -1.35. The van der Waals surface area contributed by atoms with E-state index in [1.54, 1.807) is 24.4 Å². The van der Waals surface area contributed by atoms with Crippen molar-refractivity contribution in [1.29, 1.82) is 0 Å². The van der Waals surface area contributed by atoms with Gasteiger partial charge < -0.3 is 10.6 Å². The Morgan fingerprint density at radius 1 is 0.912 bits per heavy atom.